The van der Waals surface area contributed by atoms with Crippen LogP contribution in [-0.2, 0) is 4.79 Å². The van der Waals surface area contributed by atoms with Crippen LogP contribution in [-0.4, -0.2) is 34.5 Å². The van der Waals surface area contributed by atoms with E-state index in [4.69, 9.17) is 11.6 Å². The Hall–Kier alpha value is -1.55. The molecule has 2 rings (SSSR count). The summed E-state index contributed by atoms with van der Waals surface area (Å²) >= 11 is 6.01. The predicted molar refractivity (Wildman–Crippen MR) is 72.5 cm³/mol. The molecule has 19 heavy (non-hydrogen) atoms. The second kappa shape index (κ2) is 5.61. The number of rotatable bonds is 2. The molecular weight excluding hydrogens is 266 g/mol. The molecule has 1 aliphatic rings. The molecule has 102 valence electrons. The zero-order valence-electron chi connectivity index (χ0n) is 10.7. The summed E-state index contributed by atoms with van der Waals surface area (Å²) in [5.41, 5.74) is 1.18. The third-order valence-electron chi connectivity index (χ3n) is 3.55. The van der Waals surface area contributed by atoms with Crippen molar-refractivity contribution in [1.82, 2.24) is 4.90 Å². The highest BCUT2D eigenvalue weighted by atomic mass is 35.5. The summed E-state index contributed by atoms with van der Waals surface area (Å²) in [6.45, 7) is 2.26. The van der Waals surface area contributed by atoms with Crippen molar-refractivity contribution in [2.45, 2.75) is 32.2 Å². The van der Waals surface area contributed by atoms with E-state index >= 15 is 0 Å². The number of hydrogen-bond donors (Lipinski definition) is 1. The number of nitrogens with zero attached hydrogens (tertiary/aromatic N) is 1. The molecule has 1 heterocycles. The second-order valence-corrected chi connectivity index (χ2v) is 5.17. The number of carboxylic acid groups (broad SMARTS) is 1. The molecule has 0 saturated carbocycles. The molecule has 0 bridgehead atoms. The maximum Gasteiger partial charge on any atom is 0.326 e. The molecule has 1 atom stereocenters. The number of piperidine rings is 1. The van der Waals surface area contributed by atoms with Gasteiger partial charge in [0, 0.05) is 17.1 Å². The molecule has 1 saturated heterocycles. The van der Waals surface area contributed by atoms with E-state index in [0.29, 0.717) is 29.1 Å². The van der Waals surface area contributed by atoms with E-state index in [-0.39, 0.29) is 5.91 Å². The van der Waals surface area contributed by atoms with Crippen molar-refractivity contribution in [1.29, 1.82) is 0 Å². The van der Waals surface area contributed by atoms with Gasteiger partial charge in [-0.15, -0.1) is 0 Å². The average molecular weight is 282 g/mol. The standard InChI is InChI=1S/C14H16ClNO3/c1-9-10(5-4-6-11(9)15)13(17)16-8-3-2-7-12(16)14(18)19/h4-6,12H,2-3,7-8H2,1H3,(H,18,19)/t12-/m0/s1. The summed E-state index contributed by atoms with van der Waals surface area (Å²) in [7, 11) is 0. The summed E-state index contributed by atoms with van der Waals surface area (Å²) in [6, 6.07) is 4.40. The van der Waals surface area contributed by atoms with E-state index in [9.17, 15) is 14.7 Å². The minimum atomic E-state index is -0.937. The molecule has 0 spiro atoms. The quantitative estimate of drug-likeness (QED) is 0.907. The van der Waals surface area contributed by atoms with Crippen LogP contribution >= 0.6 is 11.6 Å². The molecular formula is C14H16ClNO3. The highest BCUT2D eigenvalue weighted by Gasteiger charge is 2.33. The van der Waals surface area contributed by atoms with Gasteiger partial charge >= 0.3 is 5.97 Å². The van der Waals surface area contributed by atoms with Crippen LogP contribution in [0.1, 0.15) is 35.2 Å². The van der Waals surface area contributed by atoms with Crippen LogP contribution in [0, 0.1) is 6.92 Å². The van der Waals surface area contributed by atoms with Gasteiger partial charge in [0.25, 0.3) is 5.91 Å². The van der Waals surface area contributed by atoms with Crippen LogP contribution in [0.3, 0.4) is 0 Å². The molecule has 1 aromatic rings. The average Bonchev–Trinajstić information content (AvgIpc) is 2.41. The number of benzene rings is 1. The normalized spacial score (nSPS) is 19.3. The van der Waals surface area contributed by atoms with E-state index in [0.717, 1.165) is 12.8 Å². The molecule has 1 aliphatic heterocycles. The lowest BCUT2D eigenvalue weighted by Crippen LogP contribution is -2.48. The van der Waals surface area contributed by atoms with Crippen molar-refractivity contribution in [3.05, 3.63) is 34.3 Å². The minimum absolute atomic E-state index is 0.243. The smallest absolute Gasteiger partial charge is 0.326 e. The molecule has 0 aromatic heterocycles. The Morgan fingerprint density at radius 3 is 2.79 bits per heavy atom. The van der Waals surface area contributed by atoms with Gasteiger partial charge in [-0.3, -0.25) is 4.79 Å². The molecule has 0 aliphatic carbocycles. The molecule has 4 nitrogen and oxygen atoms in total. The summed E-state index contributed by atoms with van der Waals surface area (Å²) in [4.78, 5) is 25.2. The number of carboxylic acids is 1. The third-order valence-corrected chi connectivity index (χ3v) is 3.96. The highest BCUT2D eigenvalue weighted by molar-refractivity contribution is 6.31. The lowest BCUT2D eigenvalue weighted by atomic mass is 9.99. The number of amides is 1. The molecule has 0 unspecified atom stereocenters. The van der Waals surface area contributed by atoms with Crippen LogP contribution < -0.4 is 0 Å². The van der Waals surface area contributed by atoms with Crippen molar-refractivity contribution in [2.24, 2.45) is 0 Å². The second-order valence-electron chi connectivity index (χ2n) is 4.76. The van der Waals surface area contributed by atoms with Crippen molar-refractivity contribution in [2.75, 3.05) is 6.54 Å². The van der Waals surface area contributed by atoms with Gasteiger partial charge in [-0.05, 0) is 43.9 Å². The fourth-order valence-electron chi connectivity index (χ4n) is 2.43. The molecule has 1 amide bonds. The first kappa shape index (κ1) is 13.9. The molecule has 5 heteroatoms. The Morgan fingerprint density at radius 2 is 2.11 bits per heavy atom. The predicted octanol–water partition coefficient (Wildman–Crippen LogP) is 2.73. The van der Waals surface area contributed by atoms with Crippen molar-refractivity contribution in [3.63, 3.8) is 0 Å². The number of likely N-dealkylation sites (tertiary alicyclic amines) is 1. The first-order chi connectivity index (χ1) is 9.02. The molecule has 1 N–H and O–H groups in total. The Balaban J connectivity index is 2.31. The molecule has 1 fully saturated rings. The fraction of sp³-hybridized carbons (Fsp3) is 0.429. The third kappa shape index (κ3) is 2.73. The number of carbonyl (C=O) groups is 2. The SMILES string of the molecule is Cc1c(Cl)cccc1C(=O)N1CCCC[C@H]1C(=O)O. The lowest BCUT2D eigenvalue weighted by Gasteiger charge is -2.33. The minimum Gasteiger partial charge on any atom is -0.480 e. The molecule has 1 aromatic carbocycles. The van der Waals surface area contributed by atoms with Crippen LogP contribution in [0.4, 0.5) is 0 Å². The van der Waals surface area contributed by atoms with Gasteiger partial charge in [-0.2, -0.15) is 0 Å². The van der Waals surface area contributed by atoms with Gasteiger partial charge in [-0.25, -0.2) is 4.79 Å². The Labute approximate surface area is 117 Å². The van der Waals surface area contributed by atoms with Gasteiger partial charge in [0.1, 0.15) is 6.04 Å². The Kier molecular flexibility index (Phi) is 4.10. The molecule has 0 radical (unpaired) electrons. The van der Waals surface area contributed by atoms with Crippen molar-refractivity contribution < 1.29 is 14.7 Å². The topological polar surface area (TPSA) is 57.6 Å². The van der Waals surface area contributed by atoms with Crippen LogP contribution in [0.25, 0.3) is 0 Å². The number of carbonyl (C=O) groups excluding carboxylic acids is 1. The number of hydrogen-bond acceptors (Lipinski definition) is 2. The lowest BCUT2D eigenvalue weighted by molar-refractivity contribution is -0.143. The van der Waals surface area contributed by atoms with Crippen molar-refractivity contribution >= 4 is 23.5 Å². The van der Waals surface area contributed by atoms with Gasteiger partial charge < -0.3 is 10.0 Å². The number of aliphatic carboxylic acids is 1. The van der Waals surface area contributed by atoms with E-state index in [1.807, 2.05) is 0 Å². The zero-order valence-corrected chi connectivity index (χ0v) is 11.5. The van der Waals surface area contributed by atoms with E-state index in [1.54, 1.807) is 25.1 Å². The van der Waals surface area contributed by atoms with Crippen LogP contribution in [0.2, 0.25) is 5.02 Å². The zero-order chi connectivity index (χ0) is 14.0. The van der Waals surface area contributed by atoms with Crippen LogP contribution in [0.15, 0.2) is 18.2 Å². The summed E-state index contributed by atoms with van der Waals surface area (Å²) < 4.78 is 0. The fourth-order valence-corrected chi connectivity index (χ4v) is 2.60. The highest BCUT2D eigenvalue weighted by Crippen LogP contribution is 2.24. The maximum atomic E-state index is 12.5. The summed E-state index contributed by atoms with van der Waals surface area (Å²) in [5.74, 6) is -1.18. The largest absolute Gasteiger partial charge is 0.480 e. The first-order valence-corrected chi connectivity index (χ1v) is 6.69. The van der Waals surface area contributed by atoms with E-state index < -0.39 is 12.0 Å². The van der Waals surface area contributed by atoms with Crippen molar-refractivity contribution in [3.8, 4) is 0 Å². The Morgan fingerprint density at radius 1 is 1.37 bits per heavy atom. The maximum absolute atomic E-state index is 12.5. The summed E-state index contributed by atoms with van der Waals surface area (Å²) in [6.07, 6.45) is 2.20. The Bertz CT molecular complexity index is 515. The van der Waals surface area contributed by atoms with E-state index in [1.165, 1.54) is 4.90 Å². The monoisotopic (exact) mass is 281 g/mol. The first-order valence-electron chi connectivity index (χ1n) is 6.31. The van der Waals surface area contributed by atoms with E-state index in [2.05, 4.69) is 0 Å². The van der Waals surface area contributed by atoms with Gasteiger partial charge in [0.05, 0.1) is 0 Å². The van der Waals surface area contributed by atoms with Gasteiger partial charge in [0.2, 0.25) is 0 Å². The summed E-state index contributed by atoms with van der Waals surface area (Å²) in [5, 5.41) is 9.73. The van der Waals surface area contributed by atoms with Gasteiger partial charge in [-0.1, -0.05) is 17.7 Å². The van der Waals surface area contributed by atoms with Gasteiger partial charge in [0.15, 0.2) is 0 Å². The van der Waals surface area contributed by atoms with Crippen LogP contribution in [0.5, 0.6) is 0 Å². The number of halogens is 1.